The van der Waals surface area contributed by atoms with Gasteiger partial charge in [-0.1, -0.05) is 19.1 Å². The number of likely N-dealkylation sites (N-methyl/N-ethyl adjacent to an activating group) is 1. The van der Waals surface area contributed by atoms with Crippen molar-refractivity contribution in [3.05, 3.63) is 59.2 Å². The predicted molar refractivity (Wildman–Crippen MR) is 130 cm³/mol. The van der Waals surface area contributed by atoms with Crippen LogP contribution in [0.1, 0.15) is 42.3 Å². The lowest BCUT2D eigenvalue weighted by Gasteiger charge is -2.36. The van der Waals surface area contributed by atoms with Crippen LogP contribution in [0, 0.1) is 6.92 Å². The lowest BCUT2D eigenvalue weighted by atomic mass is 10.1. The molecule has 3 rings (SSSR count). The maximum absolute atomic E-state index is 12.7. The zero-order valence-electron chi connectivity index (χ0n) is 19.6. The van der Waals surface area contributed by atoms with Crippen LogP contribution in [0.25, 0.3) is 0 Å². The average molecular weight is 438 g/mol. The quantitative estimate of drug-likeness (QED) is 0.619. The van der Waals surface area contributed by atoms with Gasteiger partial charge in [0, 0.05) is 55.7 Å². The van der Waals surface area contributed by atoms with Gasteiger partial charge in [0.1, 0.15) is 0 Å². The fourth-order valence-corrected chi connectivity index (χ4v) is 3.87. The molecule has 0 unspecified atom stereocenters. The molecule has 32 heavy (non-hydrogen) atoms. The Hall–Kier alpha value is -3.06. The van der Waals surface area contributed by atoms with Crippen molar-refractivity contribution < 1.29 is 9.59 Å². The van der Waals surface area contributed by atoms with E-state index in [4.69, 9.17) is 0 Å². The van der Waals surface area contributed by atoms with E-state index in [0.29, 0.717) is 12.1 Å². The maximum atomic E-state index is 12.7. The molecule has 0 aromatic heterocycles. The highest BCUT2D eigenvalue weighted by Gasteiger charge is 2.17. The number of hydrogen-bond acceptors (Lipinski definition) is 4. The summed E-state index contributed by atoms with van der Waals surface area (Å²) in [5.74, 6) is -0.147. The molecular formula is C25H35N5O2. The van der Waals surface area contributed by atoms with Crippen molar-refractivity contribution in [2.45, 2.75) is 40.3 Å². The Morgan fingerprint density at radius 2 is 1.69 bits per heavy atom. The number of urea groups is 1. The molecule has 0 aliphatic carbocycles. The second-order valence-electron chi connectivity index (χ2n) is 8.56. The average Bonchev–Trinajstić information content (AvgIpc) is 2.78. The number of rotatable bonds is 7. The SMILES string of the molecule is CCN1CCN(c2ccc(NC(=O)c3ccc(CNC(=O)NC(C)C)cc3)cc2C)CC1. The number of aryl methyl sites for hydroxylation is 1. The summed E-state index contributed by atoms with van der Waals surface area (Å²) in [5, 5.41) is 8.58. The van der Waals surface area contributed by atoms with Crippen molar-refractivity contribution in [1.82, 2.24) is 15.5 Å². The molecule has 0 spiro atoms. The van der Waals surface area contributed by atoms with Gasteiger partial charge in [-0.05, 0) is 68.8 Å². The summed E-state index contributed by atoms with van der Waals surface area (Å²) in [4.78, 5) is 29.2. The molecule has 0 atom stereocenters. The fraction of sp³-hybridized carbons (Fsp3) is 0.440. The molecule has 2 aromatic rings. The molecule has 0 radical (unpaired) electrons. The molecule has 1 aliphatic heterocycles. The number of hydrogen-bond donors (Lipinski definition) is 3. The largest absolute Gasteiger partial charge is 0.369 e. The molecule has 3 amide bonds. The van der Waals surface area contributed by atoms with E-state index in [0.717, 1.165) is 49.5 Å². The van der Waals surface area contributed by atoms with Crippen LogP contribution < -0.4 is 20.9 Å². The van der Waals surface area contributed by atoms with E-state index in [1.807, 2.05) is 38.1 Å². The number of amides is 3. The third-order valence-corrected chi connectivity index (χ3v) is 5.70. The zero-order valence-corrected chi connectivity index (χ0v) is 19.6. The molecule has 0 saturated carbocycles. The first-order valence-electron chi connectivity index (χ1n) is 11.4. The summed E-state index contributed by atoms with van der Waals surface area (Å²) < 4.78 is 0. The van der Waals surface area contributed by atoms with Crippen LogP contribution in [0.4, 0.5) is 16.2 Å². The van der Waals surface area contributed by atoms with Crippen molar-refractivity contribution in [2.75, 3.05) is 42.9 Å². The van der Waals surface area contributed by atoms with Crippen molar-refractivity contribution in [1.29, 1.82) is 0 Å². The van der Waals surface area contributed by atoms with Crippen LogP contribution in [0.5, 0.6) is 0 Å². The number of nitrogens with one attached hydrogen (secondary N) is 3. The summed E-state index contributed by atoms with van der Waals surface area (Å²) in [6.45, 7) is 13.9. The Morgan fingerprint density at radius 1 is 1.00 bits per heavy atom. The highest BCUT2D eigenvalue weighted by molar-refractivity contribution is 6.04. The number of nitrogens with zero attached hydrogens (tertiary/aromatic N) is 2. The second kappa shape index (κ2) is 11.0. The first-order chi connectivity index (χ1) is 15.4. The minimum absolute atomic E-state index is 0.0880. The van der Waals surface area contributed by atoms with Crippen LogP contribution >= 0.6 is 0 Å². The fourth-order valence-electron chi connectivity index (χ4n) is 3.87. The normalized spacial score (nSPS) is 14.3. The highest BCUT2D eigenvalue weighted by atomic mass is 16.2. The van der Waals surface area contributed by atoms with Gasteiger partial charge in [-0.2, -0.15) is 0 Å². The van der Waals surface area contributed by atoms with Crippen LogP contribution in [0.3, 0.4) is 0 Å². The standard InChI is InChI=1S/C25H35N5O2/c1-5-29-12-14-30(15-13-29)23-11-10-22(16-19(23)4)28-24(31)21-8-6-20(7-9-21)17-26-25(32)27-18(2)3/h6-11,16,18H,5,12-15,17H2,1-4H3,(H,28,31)(H2,26,27,32). The van der Waals surface area contributed by atoms with Gasteiger partial charge in [0.2, 0.25) is 0 Å². The summed E-state index contributed by atoms with van der Waals surface area (Å²) >= 11 is 0. The molecule has 0 bridgehead atoms. The number of anilines is 2. The maximum Gasteiger partial charge on any atom is 0.315 e. The van der Waals surface area contributed by atoms with E-state index < -0.39 is 0 Å². The van der Waals surface area contributed by atoms with E-state index in [-0.39, 0.29) is 18.0 Å². The molecular weight excluding hydrogens is 402 g/mol. The Bertz CT molecular complexity index is 918. The predicted octanol–water partition coefficient (Wildman–Crippen LogP) is 3.60. The third kappa shape index (κ3) is 6.47. The summed E-state index contributed by atoms with van der Waals surface area (Å²) in [7, 11) is 0. The van der Waals surface area contributed by atoms with E-state index in [1.54, 1.807) is 12.1 Å². The smallest absolute Gasteiger partial charge is 0.315 e. The van der Waals surface area contributed by atoms with Crippen molar-refractivity contribution in [3.63, 3.8) is 0 Å². The second-order valence-corrected chi connectivity index (χ2v) is 8.56. The van der Waals surface area contributed by atoms with Gasteiger partial charge in [0.15, 0.2) is 0 Å². The third-order valence-electron chi connectivity index (χ3n) is 5.70. The van der Waals surface area contributed by atoms with Crippen LogP contribution in [-0.2, 0) is 6.54 Å². The van der Waals surface area contributed by atoms with Gasteiger partial charge < -0.3 is 25.8 Å². The Kier molecular flexibility index (Phi) is 8.11. The minimum atomic E-state index is -0.201. The first kappa shape index (κ1) is 23.6. The van der Waals surface area contributed by atoms with Crippen LogP contribution in [0.15, 0.2) is 42.5 Å². The number of piperazine rings is 1. The van der Waals surface area contributed by atoms with Crippen molar-refractivity contribution in [2.24, 2.45) is 0 Å². The Balaban J connectivity index is 1.55. The number of carbonyl (C=O) groups excluding carboxylic acids is 2. The van der Waals surface area contributed by atoms with Crippen molar-refractivity contribution >= 4 is 23.3 Å². The van der Waals surface area contributed by atoms with E-state index >= 15 is 0 Å². The zero-order chi connectivity index (χ0) is 23.1. The van der Waals surface area contributed by atoms with Gasteiger partial charge in [0.25, 0.3) is 5.91 Å². The van der Waals surface area contributed by atoms with Crippen LogP contribution in [-0.4, -0.2) is 55.6 Å². The van der Waals surface area contributed by atoms with Gasteiger partial charge >= 0.3 is 6.03 Å². The number of carbonyl (C=O) groups is 2. The van der Waals surface area contributed by atoms with E-state index in [2.05, 4.69) is 45.7 Å². The first-order valence-corrected chi connectivity index (χ1v) is 11.4. The minimum Gasteiger partial charge on any atom is -0.369 e. The monoisotopic (exact) mass is 437 g/mol. The molecule has 1 fully saturated rings. The van der Waals surface area contributed by atoms with Gasteiger partial charge in [-0.3, -0.25) is 4.79 Å². The lowest BCUT2D eigenvalue weighted by molar-refractivity contribution is 0.102. The molecule has 2 aromatic carbocycles. The summed E-state index contributed by atoms with van der Waals surface area (Å²) in [6.07, 6.45) is 0. The van der Waals surface area contributed by atoms with Gasteiger partial charge in [-0.25, -0.2) is 4.79 Å². The van der Waals surface area contributed by atoms with E-state index in [9.17, 15) is 9.59 Å². The molecule has 1 aliphatic rings. The molecule has 3 N–H and O–H groups in total. The molecule has 1 saturated heterocycles. The summed E-state index contributed by atoms with van der Waals surface area (Å²) in [6, 6.07) is 13.3. The topological polar surface area (TPSA) is 76.7 Å². The van der Waals surface area contributed by atoms with Crippen molar-refractivity contribution in [3.8, 4) is 0 Å². The Labute approximate surface area is 191 Å². The lowest BCUT2D eigenvalue weighted by Crippen LogP contribution is -2.46. The molecule has 1 heterocycles. The van der Waals surface area contributed by atoms with Crippen LogP contribution in [0.2, 0.25) is 0 Å². The summed E-state index contributed by atoms with van der Waals surface area (Å²) in [5.41, 5.74) is 4.70. The molecule has 7 nitrogen and oxygen atoms in total. The Morgan fingerprint density at radius 3 is 2.28 bits per heavy atom. The van der Waals surface area contributed by atoms with E-state index in [1.165, 1.54) is 5.69 Å². The number of benzene rings is 2. The molecule has 7 heteroatoms. The highest BCUT2D eigenvalue weighted by Crippen LogP contribution is 2.25. The van der Waals surface area contributed by atoms with Gasteiger partial charge in [-0.15, -0.1) is 0 Å². The molecule has 172 valence electrons. The van der Waals surface area contributed by atoms with Gasteiger partial charge in [0.05, 0.1) is 0 Å².